The van der Waals surface area contributed by atoms with Crippen LogP contribution in [0.2, 0.25) is 0 Å². The molecule has 0 heterocycles. The molecule has 0 aromatic heterocycles. The van der Waals surface area contributed by atoms with Crippen LogP contribution in [0.1, 0.15) is 59.3 Å². The van der Waals surface area contributed by atoms with Gasteiger partial charge in [0.25, 0.3) is 0 Å². The molecule has 0 rings (SSSR count). The molecular weight excluding hydrogens is 274 g/mol. The summed E-state index contributed by atoms with van der Waals surface area (Å²) in [6, 6.07) is 0. The highest BCUT2D eigenvalue weighted by molar-refractivity contribution is 5.81. The van der Waals surface area contributed by atoms with Gasteiger partial charge in [-0.3, -0.25) is 4.48 Å². The fraction of sp³-hybridized carbons (Fsp3) is 0.812. The largest absolute Gasteiger partial charge is 1.00 e. The fourth-order valence-electron chi connectivity index (χ4n) is 2.27. The SMILES string of the molecule is C=CC(=O)OC[N+](CC)(CC)CCCCCCCC.[Cl-]. The van der Waals surface area contributed by atoms with Gasteiger partial charge in [0.15, 0.2) is 0 Å². The number of carbonyl (C=O) groups excluding carboxylic acids is 1. The van der Waals surface area contributed by atoms with Crippen LogP contribution >= 0.6 is 0 Å². The molecule has 0 saturated heterocycles. The highest BCUT2D eigenvalue weighted by Gasteiger charge is 2.24. The number of halogens is 1. The van der Waals surface area contributed by atoms with E-state index in [2.05, 4.69) is 27.4 Å². The predicted octanol–water partition coefficient (Wildman–Crippen LogP) is 0.894. The van der Waals surface area contributed by atoms with Crippen molar-refractivity contribution >= 4 is 5.97 Å². The summed E-state index contributed by atoms with van der Waals surface area (Å²) in [7, 11) is 0. The van der Waals surface area contributed by atoms with Gasteiger partial charge in [0.05, 0.1) is 19.6 Å². The van der Waals surface area contributed by atoms with Crippen LogP contribution in [0.5, 0.6) is 0 Å². The van der Waals surface area contributed by atoms with E-state index >= 15 is 0 Å². The van der Waals surface area contributed by atoms with Crippen molar-refractivity contribution in [3.8, 4) is 0 Å². The van der Waals surface area contributed by atoms with Gasteiger partial charge in [-0.25, -0.2) is 4.79 Å². The van der Waals surface area contributed by atoms with Crippen LogP contribution in [0.4, 0.5) is 0 Å². The molecule has 4 heteroatoms. The average molecular weight is 306 g/mol. The summed E-state index contributed by atoms with van der Waals surface area (Å²) >= 11 is 0. The second kappa shape index (κ2) is 13.4. The molecule has 3 nitrogen and oxygen atoms in total. The van der Waals surface area contributed by atoms with Gasteiger partial charge in [-0.15, -0.1) is 0 Å². The summed E-state index contributed by atoms with van der Waals surface area (Å²) in [6.07, 6.45) is 9.06. The van der Waals surface area contributed by atoms with Crippen LogP contribution < -0.4 is 12.4 Å². The highest BCUT2D eigenvalue weighted by Crippen LogP contribution is 2.12. The number of esters is 1. The maximum absolute atomic E-state index is 11.2. The molecule has 0 fully saturated rings. The van der Waals surface area contributed by atoms with Gasteiger partial charge in [-0.2, -0.15) is 0 Å². The molecule has 0 aromatic carbocycles. The van der Waals surface area contributed by atoms with Gasteiger partial charge in [0.2, 0.25) is 6.73 Å². The van der Waals surface area contributed by atoms with E-state index in [-0.39, 0.29) is 18.4 Å². The first-order valence-corrected chi connectivity index (χ1v) is 7.78. The molecule has 0 aromatic rings. The van der Waals surface area contributed by atoms with E-state index < -0.39 is 0 Å². The molecule has 0 radical (unpaired) electrons. The monoisotopic (exact) mass is 305 g/mol. The Morgan fingerprint density at radius 1 is 1.05 bits per heavy atom. The van der Waals surface area contributed by atoms with E-state index in [0.29, 0.717) is 6.73 Å². The summed E-state index contributed by atoms with van der Waals surface area (Å²) in [5, 5.41) is 0. The number of quaternary nitrogens is 1. The fourth-order valence-corrected chi connectivity index (χ4v) is 2.27. The molecule has 0 aliphatic rings. The summed E-state index contributed by atoms with van der Waals surface area (Å²) in [4.78, 5) is 11.2. The van der Waals surface area contributed by atoms with E-state index in [1.807, 2.05) is 0 Å². The van der Waals surface area contributed by atoms with Gasteiger partial charge >= 0.3 is 5.97 Å². The minimum atomic E-state index is -0.313. The van der Waals surface area contributed by atoms with Crippen molar-refractivity contribution < 1.29 is 26.4 Å². The molecule has 0 aliphatic carbocycles. The minimum Gasteiger partial charge on any atom is -1.00 e. The third-order valence-electron chi connectivity index (χ3n) is 3.97. The molecular formula is C16H32ClNO2. The normalized spacial score (nSPS) is 10.8. The Kier molecular flexibility index (Phi) is 14.6. The number of rotatable bonds is 12. The van der Waals surface area contributed by atoms with Crippen LogP contribution in [-0.4, -0.2) is 36.8 Å². The van der Waals surface area contributed by atoms with Crippen LogP contribution in [0, 0.1) is 0 Å². The first-order valence-electron chi connectivity index (χ1n) is 7.78. The lowest BCUT2D eigenvalue weighted by Gasteiger charge is -2.35. The predicted molar refractivity (Wildman–Crippen MR) is 80.7 cm³/mol. The third-order valence-corrected chi connectivity index (χ3v) is 3.97. The Hall–Kier alpha value is -0.540. The summed E-state index contributed by atoms with van der Waals surface area (Å²) < 4.78 is 6.12. The molecule has 0 aliphatic heterocycles. The van der Waals surface area contributed by atoms with Gasteiger partial charge in [-0.05, 0) is 26.7 Å². The van der Waals surface area contributed by atoms with Crippen LogP contribution in [0.3, 0.4) is 0 Å². The van der Waals surface area contributed by atoms with Crippen molar-refractivity contribution in [2.24, 2.45) is 0 Å². The molecule has 0 unspecified atom stereocenters. The van der Waals surface area contributed by atoms with E-state index in [1.165, 1.54) is 44.6 Å². The molecule has 0 N–H and O–H groups in total. The Morgan fingerprint density at radius 2 is 1.60 bits per heavy atom. The zero-order valence-electron chi connectivity index (χ0n) is 13.5. The maximum atomic E-state index is 11.2. The maximum Gasteiger partial charge on any atom is 0.334 e. The van der Waals surface area contributed by atoms with Crippen molar-refractivity contribution in [2.75, 3.05) is 26.4 Å². The second-order valence-electron chi connectivity index (χ2n) is 5.26. The quantitative estimate of drug-likeness (QED) is 0.176. The number of hydrogen-bond donors (Lipinski definition) is 0. The minimum absolute atomic E-state index is 0. The van der Waals surface area contributed by atoms with Crippen molar-refractivity contribution in [3.63, 3.8) is 0 Å². The zero-order valence-corrected chi connectivity index (χ0v) is 14.3. The Morgan fingerprint density at radius 3 is 2.10 bits per heavy atom. The Bertz CT molecular complexity index is 253. The highest BCUT2D eigenvalue weighted by atomic mass is 35.5. The second-order valence-corrected chi connectivity index (χ2v) is 5.26. The average Bonchev–Trinajstić information content (AvgIpc) is 2.46. The van der Waals surface area contributed by atoms with Gasteiger partial charge in [-0.1, -0.05) is 39.2 Å². The van der Waals surface area contributed by atoms with Gasteiger partial charge < -0.3 is 17.1 Å². The summed E-state index contributed by atoms with van der Waals surface area (Å²) in [6.45, 7) is 13.6. The topological polar surface area (TPSA) is 26.3 Å². The van der Waals surface area contributed by atoms with Crippen molar-refractivity contribution in [3.05, 3.63) is 12.7 Å². The van der Waals surface area contributed by atoms with E-state index in [0.717, 1.165) is 24.1 Å². The summed E-state index contributed by atoms with van der Waals surface area (Å²) in [5.74, 6) is -0.313. The van der Waals surface area contributed by atoms with Gasteiger partial charge in [0.1, 0.15) is 0 Å². The Balaban J connectivity index is 0. The van der Waals surface area contributed by atoms with Crippen molar-refractivity contribution in [1.29, 1.82) is 0 Å². The standard InChI is InChI=1S/C16H32NO2.ClH/c1-5-9-10-11-12-13-14-17(7-3,8-4)15-19-16(18)6-2;/h6H,2,5,7-15H2,1,3-4H3;1H/q+1;/p-1. The van der Waals surface area contributed by atoms with Crippen molar-refractivity contribution in [1.82, 2.24) is 0 Å². The molecule has 0 amide bonds. The van der Waals surface area contributed by atoms with E-state index in [4.69, 9.17) is 4.74 Å². The lowest BCUT2D eigenvalue weighted by molar-refractivity contribution is -0.940. The molecule has 120 valence electrons. The molecule has 0 saturated carbocycles. The zero-order chi connectivity index (χ0) is 14.6. The number of unbranched alkanes of at least 4 members (excludes halogenated alkanes) is 5. The lowest BCUT2D eigenvalue weighted by atomic mass is 10.1. The number of carbonyl (C=O) groups is 1. The van der Waals surface area contributed by atoms with E-state index in [1.54, 1.807) is 0 Å². The first kappa shape index (κ1) is 21.8. The van der Waals surface area contributed by atoms with Crippen LogP contribution in [0.15, 0.2) is 12.7 Å². The number of nitrogens with zero attached hydrogens (tertiary/aromatic N) is 1. The summed E-state index contributed by atoms with van der Waals surface area (Å²) in [5.41, 5.74) is 0. The molecule has 20 heavy (non-hydrogen) atoms. The molecule has 0 spiro atoms. The first-order chi connectivity index (χ1) is 9.14. The van der Waals surface area contributed by atoms with Crippen molar-refractivity contribution in [2.45, 2.75) is 59.3 Å². The van der Waals surface area contributed by atoms with Crippen LogP contribution in [0.25, 0.3) is 0 Å². The lowest BCUT2D eigenvalue weighted by Crippen LogP contribution is -3.00. The molecule has 0 bridgehead atoms. The van der Waals surface area contributed by atoms with E-state index in [9.17, 15) is 4.79 Å². The third kappa shape index (κ3) is 9.38. The van der Waals surface area contributed by atoms with Crippen LogP contribution in [-0.2, 0) is 9.53 Å². The Labute approximate surface area is 131 Å². The number of ether oxygens (including phenoxy) is 1. The molecule has 0 atom stereocenters. The number of hydrogen-bond acceptors (Lipinski definition) is 2. The van der Waals surface area contributed by atoms with Gasteiger partial charge in [0, 0.05) is 6.08 Å². The smallest absolute Gasteiger partial charge is 0.334 e.